The monoisotopic (exact) mass is 342 g/mol. The number of likely N-dealkylation sites (tertiary alicyclic amines) is 1. The fourth-order valence-corrected chi connectivity index (χ4v) is 3.13. The maximum Gasteiger partial charge on any atom is 0.259 e. The maximum absolute atomic E-state index is 12.8. The Kier molecular flexibility index (Phi) is 3.96. The number of hydrogen-bond donors (Lipinski definition) is 1. The number of carbonyl (C=O) groups excluding carboxylic acids is 1. The van der Waals surface area contributed by atoms with Crippen molar-refractivity contribution in [2.45, 2.75) is 19.3 Å². The minimum atomic E-state index is -0.0589. The molecule has 3 aromatic rings. The number of amides is 1. The number of nitrogens with zero attached hydrogens (tertiary/aromatic N) is 9. The fourth-order valence-electron chi connectivity index (χ4n) is 3.13. The summed E-state index contributed by atoms with van der Waals surface area (Å²) in [6.07, 6.45) is 7.43. The number of hydrogen-bond acceptors (Lipinski definition) is 7. The van der Waals surface area contributed by atoms with Crippen molar-refractivity contribution in [3.8, 4) is 5.82 Å². The van der Waals surface area contributed by atoms with Crippen LogP contribution in [0.15, 0.2) is 18.9 Å². The molecule has 1 aliphatic rings. The molecule has 1 fully saturated rings. The quantitative estimate of drug-likeness (QED) is 0.685. The molecule has 1 saturated heterocycles. The molecule has 0 atom stereocenters. The van der Waals surface area contributed by atoms with Crippen molar-refractivity contribution < 1.29 is 4.79 Å². The van der Waals surface area contributed by atoms with Crippen LogP contribution < -0.4 is 0 Å². The van der Waals surface area contributed by atoms with E-state index in [1.165, 1.54) is 17.2 Å². The van der Waals surface area contributed by atoms with E-state index in [0.717, 1.165) is 25.1 Å². The SMILES string of the molecule is Cn1cnnc1CC1CCN(C(=O)c2cn[nH]c2-n2cnnn2)CC1. The third-order valence-electron chi connectivity index (χ3n) is 4.61. The zero-order valence-electron chi connectivity index (χ0n) is 13.8. The van der Waals surface area contributed by atoms with Crippen LogP contribution in [0, 0.1) is 5.92 Å². The predicted octanol–water partition coefficient (Wildman–Crippen LogP) is -0.391. The lowest BCUT2D eigenvalue weighted by molar-refractivity contribution is 0.0689. The van der Waals surface area contributed by atoms with Crippen LogP contribution in [-0.4, -0.2) is 69.1 Å². The van der Waals surface area contributed by atoms with E-state index in [1.54, 1.807) is 6.33 Å². The molecular weight excluding hydrogens is 324 g/mol. The molecule has 0 aromatic carbocycles. The van der Waals surface area contributed by atoms with Gasteiger partial charge in [-0.1, -0.05) is 0 Å². The number of aryl methyl sites for hydroxylation is 1. The molecular formula is C14H18N10O. The summed E-state index contributed by atoms with van der Waals surface area (Å²) >= 11 is 0. The van der Waals surface area contributed by atoms with Crippen molar-refractivity contribution >= 4 is 5.91 Å². The Bertz CT molecular complexity index is 843. The second kappa shape index (κ2) is 6.42. The number of aromatic nitrogens is 9. The normalized spacial score (nSPS) is 15.6. The molecule has 1 N–H and O–H groups in total. The van der Waals surface area contributed by atoms with E-state index < -0.39 is 0 Å². The molecule has 0 saturated carbocycles. The Labute approximate surface area is 143 Å². The highest BCUT2D eigenvalue weighted by atomic mass is 16.2. The van der Waals surface area contributed by atoms with E-state index >= 15 is 0 Å². The maximum atomic E-state index is 12.8. The fraction of sp³-hybridized carbons (Fsp3) is 0.500. The highest BCUT2D eigenvalue weighted by molar-refractivity contribution is 5.96. The van der Waals surface area contributed by atoms with Crippen LogP contribution in [-0.2, 0) is 13.5 Å². The van der Waals surface area contributed by atoms with Crippen molar-refractivity contribution in [3.63, 3.8) is 0 Å². The van der Waals surface area contributed by atoms with Gasteiger partial charge in [-0.05, 0) is 29.2 Å². The van der Waals surface area contributed by atoms with Gasteiger partial charge in [0, 0.05) is 26.6 Å². The Morgan fingerprint density at radius 1 is 1.28 bits per heavy atom. The first-order valence-corrected chi connectivity index (χ1v) is 8.11. The summed E-state index contributed by atoms with van der Waals surface area (Å²) in [5, 5.41) is 25.8. The van der Waals surface area contributed by atoms with Gasteiger partial charge in [0.2, 0.25) is 0 Å². The summed E-state index contributed by atoms with van der Waals surface area (Å²) in [5.41, 5.74) is 0.471. The van der Waals surface area contributed by atoms with Crippen molar-refractivity contribution in [1.29, 1.82) is 0 Å². The molecule has 3 aromatic heterocycles. The lowest BCUT2D eigenvalue weighted by atomic mass is 9.93. The third-order valence-corrected chi connectivity index (χ3v) is 4.61. The Hall–Kier alpha value is -3.11. The van der Waals surface area contributed by atoms with Crippen molar-refractivity contribution in [2.75, 3.05) is 13.1 Å². The summed E-state index contributed by atoms with van der Waals surface area (Å²) in [5.74, 6) is 1.92. The van der Waals surface area contributed by atoms with Gasteiger partial charge in [-0.2, -0.15) is 9.78 Å². The topological polar surface area (TPSA) is 123 Å². The molecule has 25 heavy (non-hydrogen) atoms. The number of nitrogens with one attached hydrogen (secondary N) is 1. The Morgan fingerprint density at radius 2 is 2.12 bits per heavy atom. The highest BCUT2D eigenvalue weighted by Gasteiger charge is 2.27. The number of aromatic amines is 1. The minimum absolute atomic E-state index is 0.0589. The van der Waals surface area contributed by atoms with Crippen LogP contribution in [0.25, 0.3) is 5.82 Å². The predicted molar refractivity (Wildman–Crippen MR) is 84.6 cm³/mol. The largest absolute Gasteiger partial charge is 0.338 e. The average Bonchev–Trinajstić information content (AvgIpc) is 3.37. The molecule has 0 radical (unpaired) electrons. The van der Waals surface area contributed by atoms with E-state index in [0.29, 0.717) is 30.4 Å². The van der Waals surface area contributed by atoms with Crippen LogP contribution in [0.5, 0.6) is 0 Å². The first kappa shape index (κ1) is 15.4. The van der Waals surface area contributed by atoms with Gasteiger partial charge in [-0.25, -0.2) is 0 Å². The molecule has 130 valence electrons. The molecule has 11 nitrogen and oxygen atoms in total. The molecule has 0 bridgehead atoms. The summed E-state index contributed by atoms with van der Waals surface area (Å²) in [6.45, 7) is 1.42. The van der Waals surface area contributed by atoms with Crippen molar-refractivity contribution in [2.24, 2.45) is 13.0 Å². The molecule has 0 spiro atoms. The molecule has 4 heterocycles. The minimum Gasteiger partial charge on any atom is -0.338 e. The van der Waals surface area contributed by atoms with Crippen LogP contribution in [0.1, 0.15) is 29.0 Å². The average molecular weight is 342 g/mol. The zero-order valence-corrected chi connectivity index (χ0v) is 13.8. The standard InChI is InChI=1S/C14H18N10O/c1-22-8-16-18-12(22)6-10-2-4-23(5-3-10)14(25)11-7-15-19-13(11)24-9-17-20-21-24/h7-10H,2-6H2,1H3,(H,15,19). The molecule has 1 amide bonds. The van der Waals surface area contributed by atoms with Gasteiger partial charge in [0.15, 0.2) is 5.82 Å². The zero-order chi connectivity index (χ0) is 17.2. The van der Waals surface area contributed by atoms with Crippen molar-refractivity contribution in [1.82, 2.24) is 50.1 Å². The number of H-pyrrole nitrogens is 1. The van der Waals surface area contributed by atoms with E-state index in [4.69, 9.17) is 0 Å². The van der Waals surface area contributed by atoms with Gasteiger partial charge in [-0.15, -0.1) is 15.3 Å². The van der Waals surface area contributed by atoms with E-state index in [2.05, 4.69) is 35.9 Å². The van der Waals surface area contributed by atoms with Gasteiger partial charge in [-0.3, -0.25) is 9.89 Å². The van der Waals surface area contributed by atoms with Gasteiger partial charge >= 0.3 is 0 Å². The molecule has 1 aliphatic heterocycles. The second-order valence-corrected chi connectivity index (χ2v) is 6.18. The van der Waals surface area contributed by atoms with Crippen LogP contribution in [0.2, 0.25) is 0 Å². The van der Waals surface area contributed by atoms with E-state index in [9.17, 15) is 4.79 Å². The van der Waals surface area contributed by atoms with Gasteiger partial charge in [0.05, 0.1) is 6.20 Å². The first-order valence-electron chi connectivity index (χ1n) is 8.11. The van der Waals surface area contributed by atoms with Crippen LogP contribution >= 0.6 is 0 Å². The summed E-state index contributed by atoms with van der Waals surface area (Å²) in [6, 6.07) is 0. The Morgan fingerprint density at radius 3 is 2.80 bits per heavy atom. The lowest BCUT2D eigenvalue weighted by Gasteiger charge is -2.31. The molecule has 4 rings (SSSR count). The van der Waals surface area contributed by atoms with Crippen LogP contribution in [0.3, 0.4) is 0 Å². The summed E-state index contributed by atoms with van der Waals surface area (Å²) < 4.78 is 3.35. The number of rotatable bonds is 4. The number of piperidine rings is 1. The first-order chi connectivity index (χ1) is 12.2. The molecule has 11 heteroatoms. The van der Waals surface area contributed by atoms with Gasteiger partial charge in [0.1, 0.15) is 24.0 Å². The van der Waals surface area contributed by atoms with Crippen molar-refractivity contribution in [3.05, 3.63) is 30.2 Å². The number of tetrazole rings is 1. The van der Waals surface area contributed by atoms with Crippen LogP contribution in [0.4, 0.5) is 0 Å². The number of carbonyl (C=O) groups is 1. The summed E-state index contributed by atoms with van der Waals surface area (Å²) in [4.78, 5) is 14.7. The van der Waals surface area contributed by atoms with Gasteiger partial charge in [0.25, 0.3) is 5.91 Å². The third kappa shape index (κ3) is 2.99. The van der Waals surface area contributed by atoms with E-state index in [1.807, 2.05) is 16.5 Å². The van der Waals surface area contributed by atoms with Gasteiger partial charge < -0.3 is 9.47 Å². The summed E-state index contributed by atoms with van der Waals surface area (Å²) in [7, 11) is 1.95. The second-order valence-electron chi connectivity index (χ2n) is 6.18. The van der Waals surface area contributed by atoms with E-state index in [-0.39, 0.29) is 5.91 Å². The Balaban J connectivity index is 1.41. The molecule has 0 aliphatic carbocycles. The lowest BCUT2D eigenvalue weighted by Crippen LogP contribution is -2.39. The molecule has 0 unspecified atom stereocenters. The smallest absolute Gasteiger partial charge is 0.259 e. The highest BCUT2D eigenvalue weighted by Crippen LogP contribution is 2.23.